The number of carbonyl (C=O) groups excluding carboxylic acids is 1. The first-order valence-corrected chi connectivity index (χ1v) is 8.99. The number of H-pyrrole nitrogens is 1. The van der Waals surface area contributed by atoms with Gasteiger partial charge in [-0.2, -0.15) is 5.10 Å². The number of aromatic nitrogens is 2. The largest absolute Gasteiger partial charge is 0.337 e. The van der Waals surface area contributed by atoms with E-state index in [1.165, 1.54) is 6.26 Å². The molecule has 2 heterocycles. The van der Waals surface area contributed by atoms with Crippen LogP contribution < -0.4 is 0 Å². The molecule has 116 valence electrons. The van der Waals surface area contributed by atoms with Gasteiger partial charge in [-0.25, -0.2) is 8.42 Å². The molecule has 0 spiro atoms. The normalized spacial score (nSPS) is 15.2. The summed E-state index contributed by atoms with van der Waals surface area (Å²) in [5.74, 6) is -0.0623. The van der Waals surface area contributed by atoms with Crippen LogP contribution in [0, 0.1) is 0 Å². The second-order valence-corrected chi connectivity index (χ2v) is 7.48. The van der Waals surface area contributed by atoms with Crippen LogP contribution in [-0.4, -0.2) is 48.8 Å². The molecule has 6 nitrogen and oxygen atoms in total. The minimum absolute atomic E-state index is 0.0623. The van der Waals surface area contributed by atoms with Gasteiger partial charge in [0.05, 0.1) is 10.6 Å². The lowest BCUT2D eigenvalue weighted by atomic mass is 10.1. The predicted octanol–water partition coefficient (Wildman–Crippen LogP) is 1.72. The molecule has 1 aromatic heterocycles. The molecule has 1 fully saturated rings. The van der Waals surface area contributed by atoms with Crippen molar-refractivity contribution in [2.45, 2.75) is 17.7 Å². The summed E-state index contributed by atoms with van der Waals surface area (Å²) >= 11 is 0. The lowest BCUT2D eigenvalue weighted by Crippen LogP contribution is -2.27. The molecule has 1 N–H and O–H groups in total. The molecule has 0 radical (unpaired) electrons. The van der Waals surface area contributed by atoms with Gasteiger partial charge in [-0.05, 0) is 36.6 Å². The topological polar surface area (TPSA) is 83.1 Å². The van der Waals surface area contributed by atoms with Crippen molar-refractivity contribution in [3.8, 4) is 11.3 Å². The van der Waals surface area contributed by atoms with E-state index >= 15 is 0 Å². The fourth-order valence-electron chi connectivity index (χ4n) is 2.54. The SMILES string of the molecule is CS(=O)(=O)c1ccc(-c2cc(C(=O)N3CCCC3)n[nH]2)cc1. The Morgan fingerprint density at radius 1 is 1.18 bits per heavy atom. The van der Waals surface area contributed by atoms with Crippen LogP contribution in [0.2, 0.25) is 0 Å². The van der Waals surface area contributed by atoms with Gasteiger partial charge < -0.3 is 4.90 Å². The molecular formula is C15H17N3O3S. The molecule has 7 heteroatoms. The van der Waals surface area contributed by atoms with E-state index in [1.807, 2.05) is 0 Å². The Bertz CT molecular complexity index is 788. The van der Waals surface area contributed by atoms with Crippen molar-refractivity contribution >= 4 is 15.7 Å². The zero-order chi connectivity index (χ0) is 15.7. The second kappa shape index (κ2) is 5.57. The Hall–Kier alpha value is -2.15. The molecule has 0 atom stereocenters. The molecule has 0 saturated carbocycles. The van der Waals surface area contributed by atoms with Gasteiger partial charge in [0.15, 0.2) is 15.5 Å². The van der Waals surface area contributed by atoms with Gasteiger partial charge in [-0.15, -0.1) is 0 Å². The van der Waals surface area contributed by atoms with Gasteiger partial charge >= 0.3 is 0 Å². The first-order chi connectivity index (χ1) is 10.4. The number of nitrogens with one attached hydrogen (secondary N) is 1. The van der Waals surface area contributed by atoms with Crippen molar-refractivity contribution in [3.05, 3.63) is 36.0 Å². The molecule has 1 aliphatic heterocycles. The lowest BCUT2D eigenvalue weighted by molar-refractivity contribution is 0.0787. The summed E-state index contributed by atoms with van der Waals surface area (Å²) in [5, 5.41) is 6.91. The standard InChI is InChI=1S/C15H17N3O3S/c1-22(20,21)12-6-4-11(5-7-12)13-10-14(17-16-13)15(19)18-8-2-3-9-18/h4-7,10H,2-3,8-9H2,1H3,(H,16,17). The average Bonchev–Trinajstić information content (AvgIpc) is 3.17. The molecule has 2 aromatic rings. The fraction of sp³-hybridized carbons (Fsp3) is 0.333. The summed E-state index contributed by atoms with van der Waals surface area (Å²) in [6.45, 7) is 1.56. The number of nitrogens with zero attached hydrogens (tertiary/aromatic N) is 2. The van der Waals surface area contributed by atoms with E-state index in [-0.39, 0.29) is 10.8 Å². The highest BCUT2D eigenvalue weighted by Gasteiger charge is 2.21. The van der Waals surface area contributed by atoms with Crippen molar-refractivity contribution in [3.63, 3.8) is 0 Å². The summed E-state index contributed by atoms with van der Waals surface area (Å²) in [6, 6.07) is 8.21. The average molecular weight is 319 g/mol. The molecule has 3 rings (SSSR count). The van der Waals surface area contributed by atoms with Crippen molar-refractivity contribution in [2.75, 3.05) is 19.3 Å². The molecule has 0 bridgehead atoms. The summed E-state index contributed by atoms with van der Waals surface area (Å²) in [4.78, 5) is 14.3. The van der Waals surface area contributed by atoms with Crippen LogP contribution >= 0.6 is 0 Å². The Balaban J connectivity index is 1.83. The number of benzene rings is 1. The molecule has 1 aliphatic rings. The van der Waals surface area contributed by atoms with Crippen molar-refractivity contribution < 1.29 is 13.2 Å². The molecule has 22 heavy (non-hydrogen) atoms. The Kier molecular flexibility index (Phi) is 3.74. The van der Waals surface area contributed by atoms with E-state index in [0.717, 1.165) is 31.5 Å². The monoisotopic (exact) mass is 319 g/mol. The summed E-state index contributed by atoms with van der Waals surface area (Å²) in [7, 11) is -3.21. The van der Waals surface area contributed by atoms with Crippen LogP contribution in [-0.2, 0) is 9.84 Å². The molecular weight excluding hydrogens is 302 g/mol. The van der Waals surface area contributed by atoms with Crippen LogP contribution in [0.15, 0.2) is 35.2 Å². The van der Waals surface area contributed by atoms with Gasteiger partial charge in [-0.1, -0.05) is 12.1 Å². The van der Waals surface area contributed by atoms with E-state index in [4.69, 9.17) is 0 Å². The molecule has 0 unspecified atom stereocenters. The van der Waals surface area contributed by atoms with Crippen LogP contribution in [0.25, 0.3) is 11.3 Å². The van der Waals surface area contributed by atoms with E-state index in [1.54, 1.807) is 35.2 Å². The number of amides is 1. The van der Waals surface area contributed by atoms with Crippen LogP contribution in [0.5, 0.6) is 0 Å². The Morgan fingerprint density at radius 2 is 1.82 bits per heavy atom. The number of aromatic amines is 1. The van der Waals surface area contributed by atoms with Crippen LogP contribution in [0.4, 0.5) is 0 Å². The van der Waals surface area contributed by atoms with E-state index < -0.39 is 9.84 Å². The summed E-state index contributed by atoms with van der Waals surface area (Å²) in [5.41, 5.74) is 1.88. The number of hydrogen-bond donors (Lipinski definition) is 1. The highest BCUT2D eigenvalue weighted by Crippen LogP contribution is 2.21. The first-order valence-electron chi connectivity index (χ1n) is 7.10. The minimum Gasteiger partial charge on any atom is -0.337 e. The van der Waals surface area contributed by atoms with Crippen molar-refractivity contribution in [1.82, 2.24) is 15.1 Å². The number of sulfone groups is 1. The zero-order valence-corrected chi connectivity index (χ0v) is 13.1. The third-order valence-corrected chi connectivity index (χ3v) is 4.91. The molecule has 1 aromatic carbocycles. The number of hydrogen-bond acceptors (Lipinski definition) is 4. The Morgan fingerprint density at radius 3 is 2.41 bits per heavy atom. The van der Waals surface area contributed by atoms with E-state index in [9.17, 15) is 13.2 Å². The minimum atomic E-state index is -3.21. The molecule has 0 aliphatic carbocycles. The smallest absolute Gasteiger partial charge is 0.274 e. The quantitative estimate of drug-likeness (QED) is 0.933. The third kappa shape index (κ3) is 2.89. The van der Waals surface area contributed by atoms with Crippen LogP contribution in [0.1, 0.15) is 23.3 Å². The Labute approximate surface area is 129 Å². The first kappa shape index (κ1) is 14.8. The van der Waals surface area contributed by atoms with Crippen LogP contribution in [0.3, 0.4) is 0 Å². The number of carbonyl (C=O) groups is 1. The highest BCUT2D eigenvalue weighted by molar-refractivity contribution is 7.90. The summed E-state index contributed by atoms with van der Waals surface area (Å²) < 4.78 is 22.9. The summed E-state index contributed by atoms with van der Waals surface area (Å²) in [6.07, 6.45) is 3.25. The third-order valence-electron chi connectivity index (χ3n) is 3.78. The predicted molar refractivity (Wildman–Crippen MR) is 82.3 cm³/mol. The van der Waals surface area contributed by atoms with Crippen molar-refractivity contribution in [2.24, 2.45) is 0 Å². The zero-order valence-electron chi connectivity index (χ0n) is 12.2. The highest BCUT2D eigenvalue weighted by atomic mass is 32.2. The maximum Gasteiger partial charge on any atom is 0.274 e. The maximum atomic E-state index is 12.2. The molecule has 1 amide bonds. The van der Waals surface area contributed by atoms with Gasteiger partial charge in [0.2, 0.25) is 0 Å². The molecule has 1 saturated heterocycles. The van der Waals surface area contributed by atoms with Gasteiger partial charge in [0.1, 0.15) is 0 Å². The van der Waals surface area contributed by atoms with E-state index in [0.29, 0.717) is 11.4 Å². The van der Waals surface area contributed by atoms with Gasteiger partial charge in [-0.3, -0.25) is 9.89 Å². The second-order valence-electron chi connectivity index (χ2n) is 5.46. The van der Waals surface area contributed by atoms with Crippen molar-refractivity contribution in [1.29, 1.82) is 0 Å². The lowest BCUT2D eigenvalue weighted by Gasteiger charge is -2.12. The number of likely N-dealkylation sites (tertiary alicyclic amines) is 1. The fourth-order valence-corrected chi connectivity index (χ4v) is 3.17. The maximum absolute atomic E-state index is 12.2. The van der Waals surface area contributed by atoms with Gasteiger partial charge in [0.25, 0.3) is 5.91 Å². The van der Waals surface area contributed by atoms with Gasteiger partial charge in [0, 0.05) is 19.3 Å². The van der Waals surface area contributed by atoms with E-state index in [2.05, 4.69) is 10.2 Å². The number of rotatable bonds is 3.